The van der Waals surface area contributed by atoms with Crippen molar-refractivity contribution in [2.45, 2.75) is 19.8 Å². The van der Waals surface area contributed by atoms with E-state index in [0.717, 1.165) is 18.5 Å². The zero-order valence-electron chi connectivity index (χ0n) is 12.6. The van der Waals surface area contributed by atoms with E-state index >= 15 is 0 Å². The number of likely N-dealkylation sites (tertiary alicyclic amines) is 1. The third kappa shape index (κ3) is 2.93. The number of nitrogens with zero attached hydrogens (tertiary/aromatic N) is 3. The van der Waals surface area contributed by atoms with E-state index in [-0.39, 0.29) is 17.6 Å². The lowest BCUT2D eigenvalue weighted by Gasteiger charge is -2.31. The van der Waals surface area contributed by atoms with Crippen LogP contribution >= 0.6 is 0 Å². The van der Waals surface area contributed by atoms with Crippen LogP contribution in [0.25, 0.3) is 5.69 Å². The lowest BCUT2D eigenvalue weighted by Crippen LogP contribution is -2.39. The molecule has 0 N–H and O–H groups in total. The Hall–Kier alpha value is -2.43. The van der Waals surface area contributed by atoms with E-state index in [1.54, 1.807) is 19.4 Å². The number of benzene rings is 1. The van der Waals surface area contributed by atoms with Crippen molar-refractivity contribution < 1.29 is 9.59 Å². The number of aromatic nitrogens is 2. The summed E-state index contributed by atoms with van der Waals surface area (Å²) in [6.07, 6.45) is 6.85. The summed E-state index contributed by atoms with van der Waals surface area (Å²) in [7, 11) is 0. The molecule has 0 atom stereocenters. The minimum atomic E-state index is 0.0409. The molecule has 1 saturated heterocycles. The van der Waals surface area contributed by atoms with Crippen molar-refractivity contribution in [3.05, 3.63) is 48.5 Å². The average Bonchev–Trinajstić information content (AvgIpc) is 3.09. The number of hydrogen-bond acceptors (Lipinski definition) is 3. The van der Waals surface area contributed by atoms with Gasteiger partial charge in [0, 0.05) is 42.7 Å². The molecule has 1 aromatic heterocycles. The molecular weight excluding hydrogens is 278 g/mol. The van der Waals surface area contributed by atoms with Crippen LogP contribution in [0.5, 0.6) is 0 Å². The Bertz CT molecular complexity index is 654. The second-order valence-electron chi connectivity index (χ2n) is 5.69. The Morgan fingerprint density at radius 3 is 2.36 bits per heavy atom. The van der Waals surface area contributed by atoms with Crippen molar-refractivity contribution in [3.63, 3.8) is 0 Å². The van der Waals surface area contributed by atoms with Gasteiger partial charge in [-0.3, -0.25) is 9.59 Å². The molecule has 114 valence electrons. The fourth-order valence-corrected chi connectivity index (χ4v) is 2.86. The van der Waals surface area contributed by atoms with Crippen LogP contribution in [0.4, 0.5) is 0 Å². The van der Waals surface area contributed by atoms with E-state index in [4.69, 9.17) is 0 Å². The molecule has 0 aliphatic carbocycles. The Morgan fingerprint density at radius 2 is 1.82 bits per heavy atom. The van der Waals surface area contributed by atoms with Gasteiger partial charge in [0.1, 0.15) is 5.78 Å². The standard InChI is InChI=1S/C17H19N3O2/c1-13(21)14-6-9-19(10-7-14)17(22)15-2-4-16(5-3-15)20-11-8-18-12-20/h2-5,8,11-12,14H,6-7,9-10H2,1H3. The van der Waals surface area contributed by atoms with Gasteiger partial charge in [-0.2, -0.15) is 0 Å². The number of piperidine rings is 1. The van der Waals surface area contributed by atoms with Crippen LogP contribution < -0.4 is 0 Å². The molecule has 1 aliphatic rings. The van der Waals surface area contributed by atoms with E-state index in [1.165, 1.54) is 0 Å². The van der Waals surface area contributed by atoms with Gasteiger partial charge in [-0.1, -0.05) is 0 Å². The number of ketones is 1. The van der Waals surface area contributed by atoms with Gasteiger partial charge in [0.2, 0.25) is 0 Å². The monoisotopic (exact) mass is 297 g/mol. The van der Waals surface area contributed by atoms with E-state index in [9.17, 15) is 9.59 Å². The molecule has 5 nitrogen and oxygen atoms in total. The molecule has 1 amide bonds. The van der Waals surface area contributed by atoms with Crippen LogP contribution in [-0.4, -0.2) is 39.2 Å². The number of rotatable bonds is 3. The van der Waals surface area contributed by atoms with Gasteiger partial charge in [0.05, 0.1) is 6.33 Å². The molecule has 0 bridgehead atoms. The summed E-state index contributed by atoms with van der Waals surface area (Å²) in [6.45, 7) is 2.95. The van der Waals surface area contributed by atoms with Crippen molar-refractivity contribution in [2.24, 2.45) is 5.92 Å². The summed E-state index contributed by atoms with van der Waals surface area (Å²) in [4.78, 5) is 29.7. The van der Waals surface area contributed by atoms with E-state index in [2.05, 4.69) is 4.98 Å². The Balaban J connectivity index is 1.67. The number of amides is 1. The third-order valence-electron chi connectivity index (χ3n) is 4.27. The van der Waals surface area contributed by atoms with Gasteiger partial charge in [-0.25, -0.2) is 4.98 Å². The van der Waals surface area contributed by atoms with Crippen LogP contribution in [0.15, 0.2) is 43.0 Å². The van der Waals surface area contributed by atoms with Crippen LogP contribution in [-0.2, 0) is 4.79 Å². The summed E-state index contributed by atoms with van der Waals surface area (Å²) in [5, 5.41) is 0. The molecule has 0 unspecified atom stereocenters. The topological polar surface area (TPSA) is 55.2 Å². The van der Waals surface area contributed by atoms with Crippen molar-refractivity contribution in [3.8, 4) is 5.69 Å². The van der Waals surface area contributed by atoms with Gasteiger partial charge in [-0.15, -0.1) is 0 Å². The maximum atomic E-state index is 12.5. The smallest absolute Gasteiger partial charge is 0.253 e. The second-order valence-corrected chi connectivity index (χ2v) is 5.69. The maximum Gasteiger partial charge on any atom is 0.253 e. The zero-order chi connectivity index (χ0) is 15.5. The molecular formula is C17H19N3O2. The maximum absolute atomic E-state index is 12.5. The Kier molecular flexibility index (Phi) is 4.04. The largest absolute Gasteiger partial charge is 0.339 e. The predicted molar refractivity (Wildman–Crippen MR) is 82.9 cm³/mol. The molecule has 5 heteroatoms. The average molecular weight is 297 g/mol. The Labute approximate surface area is 129 Å². The molecule has 2 aromatic rings. The van der Waals surface area contributed by atoms with Crippen LogP contribution in [0.1, 0.15) is 30.1 Å². The fraction of sp³-hybridized carbons (Fsp3) is 0.353. The minimum absolute atomic E-state index is 0.0409. The first-order valence-electron chi connectivity index (χ1n) is 7.53. The number of carbonyl (C=O) groups excluding carboxylic acids is 2. The van der Waals surface area contributed by atoms with Crippen LogP contribution in [0.2, 0.25) is 0 Å². The first-order valence-corrected chi connectivity index (χ1v) is 7.53. The lowest BCUT2D eigenvalue weighted by molar-refractivity contribution is -0.121. The van der Waals surface area contributed by atoms with E-state index in [0.29, 0.717) is 18.7 Å². The molecule has 3 rings (SSSR count). The van der Waals surface area contributed by atoms with Gasteiger partial charge >= 0.3 is 0 Å². The van der Waals surface area contributed by atoms with Crippen molar-refractivity contribution in [1.29, 1.82) is 0 Å². The van der Waals surface area contributed by atoms with Crippen molar-refractivity contribution >= 4 is 11.7 Å². The molecule has 1 fully saturated rings. The second kappa shape index (κ2) is 6.13. The minimum Gasteiger partial charge on any atom is -0.339 e. The summed E-state index contributed by atoms with van der Waals surface area (Å²) in [5.74, 6) is 0.392. The highest BCUT2D eigenvalue weighted by molar-refractivity contribution is 5.94. The summed E-state index contributed by atoms with van der Waals surface area (Å²) >= 11 is 0. The molecule has 22 heavy (non-hydrogen) atoms. The van der Waals surface area contributed by atoms with Crippen LogP contribution in [0, 0.1) is 5.92 Å². The normalized spacial score (nSPS) is 15.8. The number of carbonyl (C=O) groups is 2. The molecule has 0 radical (unpaired) electrons. The van der Waals surface area contributed by atoms with Gasteiger partial charge in [0.25, 0.3) is 5.91 Å². The van der Waals surface area contributed by atoms with Crippen molar-refractivity contribution in [2.75, 3.05) is 13.1 Å². The summed E-state index contributed by atoms with van der Waals surface area (Å²) in [6, 6.07) is 7.51. The van der Waals surface area contributed by atoms with Gasteiger partial charge in [0.15, 0.2) is 0 Å². The van der Waals surface area contributed by atoms with E-state index < -0.39 is 0 Å². The molecule has 0 spiro atoms. The zero-order valence-corrected chi connectivity index (χ0v) is 12.6. The van der Waals surface area contributed by atoms with Gasteiger partial charge < -0.3 is 9.47 Å². The predicted octanol–water partition coefficient (Wildman–Crippen LogP) is 2.31. The van der Waals surface area contributed by atoms with Crippen LogP contribution in [0.3, 0.4) is 0 Å². The molecule has 1 aliphatic heterocycles. The molecule has 1 aromatic carbocycles. The first kappa shape index (κ1) is 14.5. The quantitative estimate of drug-likeness (QED) is 0.873. The lowest BCUT2D eigenvalue weighted by atomic mass is 9.93. The van der Waals surface area contributed by atoms with Gasteiger partial charge in [-0.05, 0) is 44.0 Å². The molecule has 2 heterocycles. The highest BCUT2D eigenvalue weighted by Gasteiger charge is 2.25. The van der Waals surface area contributed by atoms with E-state index in [1.807, 2.05) is 39.9 Å². The number of Topliss-reactive ketones (excluding diaryl/α,β-unsaturated/α-hetero) is 1. The molecule has 0 saturated carbocycles. The SMILES string of the molecule is CC(=O)C1CCN(C(=O)c2ccc(-n3ccnc3)cc2)CC1. The number of hydrogen-bond donors (Lipinski definition) is 0. The number of imidazole rings is 1. The van der Waals surface area contributed by atoms with Crippen molar-refractivity contribution in [1.82, 2.24) is 14.5 Å². The summed E-state index contributed by atoms with van der Waals surface area (Å²) in [5.41, 5.74) is 1.66. The first-order chi connectivity index (χ1) is 10.6. The fourth-order valence-electron chi connectivity index (χ4n) is 2.86. The Morgan fingerprint density at radius 1 is 1.14 bits per heavy atom. The summed E-state index contributed by atoms with van der Waals surface area (Å²) < 4.78 is 1.90. The highest BCUT2D eigenvalue weighted by atomic mass is 16.2. The third-order valence-corrected chi connectivity index (χ3v) is 4.27. The highest BCUT2D eigenvalue weighted by Crippen LogP contribution is 2.20.